The van der Waals surface area contributed by atoms with Crippen LogP contribution in [0.25, 0.3) is 0 Å². The fraction of sp³-hybridized carbons (Fsp3) is 0.286. The first-order valence-corrected chi connectivity index (χ1v) is 6.06. The second-order valence-corrected chi connectivity index (χ2v) is 4.44. The lowest BCUT2D eigenvalue weighted by atomic mass is 9.80. The van der Waals surface area contributed by atoms with Gasteiger partial charge in [0.1, 0.15) is 5.76 Å². The molecule has 0 radical (unpaired) electrons. The van der Waals surface area contributed by atoms with E-state index >= 15 is 0 Å². The molecule has 0 saturated carbocycles. The van der Waals surface area contributed by atoms with Crippen LogP contribution in [-0.2, 0) is 14.3 Å². The molecule has 18 heavy (non-hydrogen) atoms. The van der Waals surface area contributed by atoms with E-state index in [1.165, 1.54) is 7.11 Å². The summed E-state index contributed by atoms with van der Waals surface area (Å²) in [5, 5.41) is -0.697. The Morgan fingerprint density at radius 2 is 2.11 bits per heavy atom. The summed E-state index contributed by atoms with van der Waals surface area (Å²) in [5.74, 6) is 0.181. The van der Waals surface area contributed by atoms with Crippen molar-refractivity contribution in [2.75, 3.05) is 7.11 Å². The monoisotopic (exact) mass is 264 g/mol. The Balaban J connectivity index is 2.73. The maximum absolute atomic E-state index is 12.5. The summed E-state index contributed by atoms with van der Waals surface area (Å²) in [4.78, 5) is 24.3. The number of allylic oxidation sites excluding steroid dienone is 7. The molecule has 0 bridgehead atoms. The highest BCUT2D eigenvalue weighted by molar-refractivity contribution is 6.68. The van der Waals surface area contributed by atoms with E-state index in [2.05, 4.69) is 0 Å². The van der Waals surface area contributed by atoms with Crippen molar-refractivity contribution in [2.24, 2.45) is 5.41 Å². The third kappa shape index (κ3) is 1.51. The Labute approximate surface area is 110 Å². The summed E-state index contributed by atoms with van der Waals surface area (Å²) in [6, 6.07) is 0. The number of methoxy groups -OCH3 is 1. The summed E-state index contributed by atoms with van der Waals surface area (Å²) in [5.41, 5.74) is -0.378. The number of hydrogen-bond acceptors (Lipinski definition) is 3. The number of rotatable bonds is 3. The lowest BCUT2D eigenvalue weighted by Gasteiger charge is -2.21. The predicted octanol–water partition coefficient (Wildman–Crippen LogP) is 2.68. The third-order valence-electron chi connectivity index (χ3n) is 3.27. The predicted molar refractivity (Wildman–Crippen MR) is 69.0 cm³/mol. The SMILES string of the molecule is CCC1=C(OC)C2=CC=CC=C[C@@]2(C(=O)Cl)C1=O. The molecule has 0 aliphatic heterocycles. The number of Topliss-reactive ketones (excluding diaryl/α,β-unsaturated/α-hetero) is 1. The van der Waals surface area contributed by atoms with Gasteiger partial charge in [0.2, 0.25) is 5.24 Å². The number of carbonyl (C=O) groups is 2. The molecule has 2 rings (SSSR count). The molecule has 3 nitrogen and oxygen atoms in total. The third-order valence-corrected chi connectivity index (χ3v) is 3.57. The highest BCUT2D eigenvalue weighted by Crippen LogP contribution is 2.48. The summed E-state index contributed by atoms with van der Waals surface area (Å²) in [6.07, 6.45) is 8.93. The summed E-state index contributed by atoms with van der Waals surface area (Å²) >= 11 is 5.70. The first kappa shape index (κ1) is 12.8. The standard InChI is InChI=1S/C14H13ClO3/c1-3-9-11(18-2)10-7-5-4-6-8-14(10,12(9)16)13(15)17/h4-8H,3H2,1-2H3/t14-/m0/s1. The number of hydrogen-bond donors (Lipinski definition) is 0. The molecule has 0 unspecified atom stereocenters. The van der Waals surface area contributed by atoms with Gasteiger partial charge in [-0.1, -0.05) is 37.3 Å². The second kappa shape index (κ2) is 4.58. The fourth-order valence-corrected chi connectivity index (χ4v) is 2.66. The Bertz CT molecular complexity index is 537. The first-order valence-electron chi connectivity index (χ1n) is 5.68. The van der Waals surface area contributed by atoms with E-state index in [1.54, 1.807) is 30.4 Å². The van der Waals surface area contributed by atoms with E-state index in [-0.39, 0.29) is 5.78 Å². The van der Waals surface area contributed by atoms with E-state index in [4.69, 9.17) is 16.3 Å². The van der Waals surface area contributed by atoms with E-state index in [1.807, 2.05) is 6.92 Å². The van der Waals surface area contributed by atoms with Crippen LogP contribution in [0.1, 0.15) is 13.3 Å². The van der Waals surface area contributed by atoms with Gasteiger partial charge in [0.05, 0.1) is 7.11 Å². The molecular weight excluding hydrogens is 252 g/mol. The topological polar surface area (TPSA) is 43.4 Å². The first-order chi connectivity index (χ1) is 8.59. The van der Waals surface area contributed by atoms with Crippen molar-refractivity contribution in [2.45, 2.75) is 13.3 Å². The number of ketones is 1. The molecule has 94 valence electrons. The highest BCUT2D eigenvalue weighted by Gasteiger charge is 2.54. The van der Waals surface area contributed by atoms with E-state index in [0.29, 0.717) is 23.3 Å². The Morgan fingerprint density at radius 3 is 2.67 bits per heavy atom. The van der Waals surface area contributed by atoms with E-state index in [9.17, 15) is 9.59 Å². The van der Waals surface area contributed by atoms with Gasteiger partial charge in [-0.05, 0) is 18.0 Å². The minimum absolute atomic E-state index is 0.284. The molecule has 0 amide bonds. The maximum atomic E-state index is 12.5. The Hall–Kier alpha value is -1.61. The van der Waals surface area contributed by atoms with Crippen molar-refractivity contribution in [3.05, 3.63) is 47.3 Å². The zero-order chi connectivity index (χ0) is 13.3. The molecular formula is C14H13ClO3. The molecule has 0 heterocycles. The van der Waals surface area contributed by atoms with Gasteiger partial charge in [-0.2, -0.15) is 0 Å². The van der Waals surface area contributed by atoms with Gasteiger partial charge in [0.25, 0.3) is 0 Å². The zero-order valence-corrected chi connectivity index (χ0v) is 11.0. The van der Waals surface area contributed by atoms with Gasteiger partial charge in [-0.25, -0.2) is 0 Å². The molecule has 0 aromatic heterocycles. The number of fused-ring (bicyclic) bond motifs is 1. The van der Waals surface area contributed by atoms with Crippen LogP contribution in [0.5, 0.6) is 0 Å². The average molecular weight is 265 g/mol. The van der Waals surface area contributed by atoms with Gasteiger partial charge < -0.3 is 4.74 Å². The van der Waals surface area contributed by atoms with Crippen LogP contribution in [0, 0.1) is 5.41 Å². The lowest BCUT2D eigenvalue weighted by Crippen LogP contribution is -2.33. The van der Waals surface area contributed by atoms with Gasteiger partial charge >= 0.3 is 0 Å². The van der Waals surface area contributed by atoms with Crippen LogP contribution in [0.3, 0.4) is 0 Å². The van der Waals surface area contributed by atoms with Crippen LogP contribution < -0.4 is 0 Å². The van der Waals surface area contributed by atoms with Crippen LogP contribution in [0.15, 0.2) is 47.3 Å². The quantitative estimate of drug-likeness (QED) is 0.581. The summed E-state index contributed by atoms with van der Waals surface area (Å²) in [7, 11) is 1.49. The Morgan fingerprint density at radius 1 is 1.39 bits per heavy atom. The van der Waals surface area contributed by atoms with Crippen molar-refractivity contribution in [1.82, 2.24) is 0 Å². The zero-order valence-electron chi connectivity index (χ0n) is 10.2. The molecule has 0 saturated heterocycles. The lowest BCUT2D eigenvalue weighted by molar-refractivity contribution is -0.128. The molecule has 2 aliphatic carbocycles. The van der Waals surface area contributed by atoms with Crippen LogP contribution in [0.2, 0.25) is 0 Å². The molecule has 0 fully saturated rings. The minimum Gasteiger partial charge on any atom is -0.496 e. The van der Waals surface area contributed by atoms with Crippen molar-refractivity contribution < 1.29 is 14.3 Å². The summed E-state index contributed by atoms with van der Waals surface area (Å²) in [6.45, 7) is 1.85. The van der Waals surface area contributed by atoms with Gasteiger partial charge in [-0.15, -0.1) is 0 Å². The Kier molecular flexibility index (Phi) is 3.26. The normalized spacial score (nSPS) is 25.9. The summed E-state index contributed by atoms with van der Waals surface area (Å²) < 4.78 is 5.30. The molecule has 0 spiro atoms. The van der Waals surface area contributed by atoms with Crippen molar-refractivity contribution in [3.63, 3.8) is 0 Å². The van der Waals surface area contributed by atoms with Gasteiger partial charge in [0, 0.05) is 11.1 Å². The number of halogens is 1. The van der Waals surface area contributed by atoms with Crippen LogP contribution in [0.4, 0.5) is 0 Å². The van der Waals surface area contributed by atoms with E-state index in [0.717, 1.165) is 0 Å². The van der Waals surface area contributed by atoms with Crippen molar-refractivity contribution in [1.29, 1.82) is 0 Å². The molecule has 2 aliphatic rings. The van der Waals surface area contributed by atoms with Crippen LogP contribution >= 0.6 is 11.6 Å². The largest absolute Gasteiger partial charge is 0.496 e. The molecule has 1 atom stereocenters. The smallest absolute Gasteiger partial charge is 0.244 e. The van der Waals surface area contributed by atoms with Gasteiger partial charge in [-0.3, -0.25) is 9.59 Å². The molecule has 0 N–H and O–H groups in total. The number of ether oxygens (including phenoxy) is 1. The molecule has 0 aromatic rings. The average Bonchev–Trinajstić information content (AvgIpc) is 2.51. The molecule has 0 aromatic carbocycles. The number of carbonyl (C=O) groups excluding carboxylic acids is 2. The highest BCUT2D eigenvalue weighted by atomic mass is 35.5. The van der Waals surface area contributed by atoms with E-state index < -0.39 is 10.7 Å². The van der Waals surface area contributed by atoms with Crippen LogP contribution in [-0.4, -0.2) is 18.1 Å². The second-order valence-electron chi connectivity index (χ2n) is 4.10. The minimum atomic E-state index is -1.41. The van der Waals surface area contributed by atoms with Crippen molar-refractivity contribution >= 4 is 22.6 Å². The molecule has 4 heteroatoms. The van der Waals surface area contributed by atoms with Gasteiger partial charge in [0.15, 0.2) is 11.2 Å². The fourth-order valence-electron chi connectivity index (χ4n) is 2.41. The maximum Gasteiger partial charge on any atom is 0.244 e. The van der Waals surface area contributed by atoms with Crippen molar-refractivity contribution in [3.8, 4) is 0 Å².